The van der Waals surface area contributed by atoms with E-state index in [4.69, 9.17) is 16.3 Å². The molecule has 2 aromatic carbocycles. The lowest BCUT2D eigenvalue weighted by Gasteiger charge is -2.24. The highest BCUT2D eigenvalue weighted by Crippen LogP contribution is 2.39. The van der Waals surface area contributed by atoms with Gasteiger partial charge in [-0.1, -0.05) is 35.1 Å². The molecule has 1 aromatic heterocycles. The van der Waals surface area contributed by atoms with E-state index in [2.05, 4.69) is 20.5 Å². The van der Waals surface area contributed by atoms with Gasteiger partial charge in [0.1, 0.15) is 5.60 Å². The highest BCUT2D eigenvalue weighted by atomic mass is 35.5. The average molecular weight is 606 g/mol. The van der Waals surface area contributed by atoms with Gasteiger partial charge in [-0.2, -0.15) is 28.4 Å². The molecule has 1 amide bonds. The van der Waals surface area contributed by atoms with E-state index >= 15 is 0 Å². The van der Waals surface area contributed by atoms with Crippen LogP contribution in [0.15, 0.2) is 46.6 Å². The minimum absolute atomic E-state index is 0.00172. The Balaban J connectivity index is 1.48. The van der Waals surface area contributed by atoms with E-state index in [1.54, 1.807) is 50.1 Å². The summed E-state index contributed by atoms with van der Waals surface area (Å²) in [6, 6.07) is 8.75. The topological polar surface area (TPSA) is 99.4 Å². The molecule has 0 bridgehead atoms. The first kappa shape index (κ1) is 28.9. The number of benzene rings is 2. The number of carbonyl (C=O) groups excluding carboxylic acids is 1. The second kappa shape index (κ2) is 11.0. The smallest absolute Gasteiger partial charge is 0.416 e. The number of fused-ring (bicyclic) bond motifs is 1. The van der Waals surface area contributed by atoms with Gasteiger partial charge in [-0.3, -0.25) is 0 Å². The highest BCUT2D eigenvalue weighted by molar-refractivity contribution is 7.17. The molecule has 5 rings (SSSR count). The van der Waals surface area contributed by atoms with E-state index in [1.165, 1.54) is 12.1 Å². The summed E-state index contributed by atoms with van der Waals surface area (Å²) < 4.78 is 47.3. The van der Waals surface area contributed by atoms with Crippen molar-refractivity contribution in [2.45, 2.75) is 51.4 Å². The predicted molar refractivity (Wildman–Crippen MR) is 151 cm³/mol. The van der Waals surface area contributed by atoms with E-state index in [0.29, 0.717) is 51.2 Å². The summed E-state index contributed by atoms with van der Waals surface area (Å²) in [7, 11) is 0. The fourth-order valence-electron chi connectivity index (χ4n) is 4.68. The van der Waals surface area contributed by atoms with Crippen molar-refractivity contribution in [2.24, 2.45) is 10.2 Å². The number of nitrogens with zero attached hydrogens (tertiary/aromatic N) is 4. The molecule has 1 atom stereocenters. The summed E-state index contributed by atoms with van der Waals surface area (Å²) >= 11 is 7.04. The zero-order valence-electron chi connectivity index (χ0n) is 22.4. The molecule has 2 aliphatic rings. The van der Waals surface area contributed by atoms with Crippen LogP contribution in [0.4, 0.5) is 23.1 Å². The molecular weight excluding hydrogens is 579 g/mol. The molecule has 8 nitrogen and oxygen atoms in total. The average Bonchev–Trinajstić information content (AvgIpc) is 3.61. The minimum atomic E-state index is -4.63. The molecule has 0 aliphatic carbocycles. The Morgan fingerprint density at radius 2 is 2.00 bits per heavy atom. The van der Waals surface area contributed by atoms with Crippen LogP contribution < -0.4 is 15.9 Å². The van der Waals surface area contributed by atoms with E-state index in [1.807, 2.05) is 0 Å². The molecule has 1 unspecified atom stereocenters. The number of hydrogen-bond acceptors (Lipinski definition) is 8. The van der Waals surface area contributed by atoms with Crippen LogP contribution in [0.25, 0.3) is 5.57 Å². The van der Waals surface area contributed by atoms with Crippen molar-refractivity contribution in [3.05, 3.63) is 73.6 Å². The first-order valence-corrected chi connectivity index (χ1v) is 14.0. The molecule has 1 fully saturated rings. The summed E-state index contributed by atoms with van der Waals surface area (Å²) in [4.78, 5) is 18.6. The normalized spacial score (nSPS) is 17.3. The van der Waals surface area contributed by atoms with Gasteiger partial charge < -0.3 is 20.1 Å². The molecular formula is C28H27ClF3N5O3S. The number of rotatable bonds is 5. The maximum atomic E-state index is 13.9. The Morgan fingerprint density at radius 1 is 1.22 bits per heavy atom. The van der Waals surface area contributed by atoms with E-state index in [9.17, 15) is 23.1 Å². The number of anilines is 1. The van der Waals surface area contributed by atoms with Crippen LogP contribution in [-0.4, -0.2) is 52.0 Å². The molecule has 1 saturated heterocycles. The zero-order chi connectivity index (χ0) is 29.5. The minimum Gasteiger partial charge on any atom is -0.492 e. The van der Waals surface area contributed by atoms with Crippen LogP contribution in [0.5, 0.6) is 5.88 Å². The van der Waals surface area contributed by atoms with Crippen LogP contribution in [0.2, 0.25) is 5.02 Å². The van der Waals surface area contributed by atoms with Crippen LogP contribution >= 0.6 is 22.9 Å². The molecule has 13 heteroatoms. The maximum Gasteiger partial charge on any atom is 0.416 e. The van der Waals surface area contributed by atoms with Gasteiger partial charge in [0.25, 0.3) is 0 Å². The van der Waals surface area contributed by atoms with E-state index < -0.39 is 23.4 Å². The van der Waals surface area contributed by atoms with Crippen LogP contribution in [-0.2, 0) is 17.3 Å². The summed E-state index contributed by atoms with van der Waals surface area (Å²) in [6.07, 6.45) is -2.98. The van der Waals surface area contributed by atoms with E-state index in [-0.39, 0.29) is 28.9 Å². The Kier molecular flexibility index (Phi) is 7.73. The molecule has 0 saturated carbocycles. The van der Waals surface area contributed by atoms with Gasteiger partial charge >= 0.3 is 12.3 Å². The number of amides is 1. The van der Waals surface area contributed by atoms with Crippen LogP contribution in [0, 0.1) is 0 Å². The SMILES string of the molecule is CC(C)(C)OC(=O)N1CCC(Nc2nc(O)c(C(Cc3ccc(Cl)cc3C(F)(F)F)=c3ccc4c(c3)C=NN=4)s2)C1. The number of aromatic hydroxyl groups is 1. The van der Waals surface area contributed by atoms with Gasteiger partial charge in [-0.15, -0.1) is 0 Å². The second-order valence-electron chi connectivity index (χ2n) is 10.8. The first-order valence-electron chi connectivity index (χ1n) is 12.8. The molecule has 41 heavy (non-hydrogen) atoms. The van der Waals surface area contributed by atoms with Gasteiger partial charge in [0.05, 0.1) is 22.0 Å². The van der Waals surface area contributed by atoms with Crippen molar-refractivity contribution < 1.29 is 27.8 Å². The lowest BCUT2D eigenvalue weighted by Crippen LogP contribution is -2.36. The van der Waals surface area contributed by atoms with Crippen LogP contribution in [0.1, 0.15) is 48.8 Å². The summed E-state index contributed by atoms with van der Waals surface area (Å²) in [5.74, 6) is -0.309. The Labute approximate surface area is 242 Å². The number of hydrogen-bond donors (Lipinski definition) is 2. The highest BCUT2D eigenvalue weighted by Gasteiger charge is 2.34. The Hall–Kier alpha value is -3.64. The largest absolute Gasteiger partial charge is 0.492 e. The second-order valence-corrected chi connectivity index (χ2v) is 12.2. The van der Waals surface area contributed by atoms with Crippen molar-refractivity contribution in [2.75, 3.05) is 18.4 Å². The molecule has 2 N–H and O–H groups in total. The number of carbonyl (C=O) groups is 1. The first-order chi connectivity index (χ1) is 19.3. The molecule has 0 radical (unpaired) electrons. The van der Waals surface area contributed by atoms with Crippen molar-refractivity contribution in [1.29, 1.82) is 0 Å². The number of likely N-dealkylation sites (tertiary alicyclic amines) is 1. The molecule has 3 heterocycles. The number of thiazole rings is 1. The van der Waals surface area contributed by atoms with Crippen LogP contribution in [0.3, 0.4) is 0 Å². The van der Waals surface area contributed by atoms with Gasteiger partial charge in [-0.25, -0.2) is 4.79 Å². The van der Waals surface area contributed by atoms with Crippen molar-refractivity contribution in [1.82, 2.24) is 9.88 Å². The molecule has 2 aliphatic heterocycles. The van der Waals surface area contributed by atoms with Crippen molar-refractivity contribution in [3.63, 3.8) is 0 Å². The Morgan fingerprint density at radius 3 is 2.73 bits per heavy atom. The van der Waals surface area contributed by atoms with Crippen molar-refractivity contribution in [3.8, 4) is 5.88 Å². The van der Waals surface area contributed by atoms with Gasteiger partial charge in [0.2, 0.25) is 5.88 Å². The van der Waals surface area contributed by atoms with Gasteiger partial charge in [0.15, 0.2) is 5.13 Å². The number of alkyl halides is 3. The fraction of sp³-hybridized carbons (Fsp3) is 0.357. The molecule has 3 aromatic rings. The number of ether oxygens (including phenoxy) is 1. The maximum absolute atomic E-state index is 13.9. The third-order valence-electron chi connectivity index (χ3n) is 6.53. The number of halogens is 4. The lowest BCUT2D eigenvalue weighted by atomic mass is 9.96. The van der Waals surface area contributed by atoms with Gasteiger partial charge in [-0.05, 0) is 67.8 Å². The lowest BCUT2D eigenvalue weighted by molar-refractivity contribution is -0.138. The fourth-order valence-corrected chi connectivity index (χ4v) is 5.85. The zero-order valence-corrected chi connectivity index (χ0v) is 24.0. The summed E-state index contributed by atoms with van der Waals surface area (Å²) in [5, 5.41) is 23.7. The number of nitrogens with one attached hydrogen (secondary N) is 1. The third kappa shape index (κ3) is 6.65. The Bertz CT molecular complexity index is 1650. The quantitative estimate of drug-likeness (QED) is 0.408. The standard InChI is InChI=1S/C28H27ClF3N5O3S/c1-27(2,3)40-26(39)37-9-8-19(14-37)34-25-35-24(38)23(41-25)20(15-5-7-22-17(10-15)13-33-36-22)11-16-4-6-18(29)12-21(16)28(30,31)32/h4-7,10,12-13,19,38H,8-9,11,14H2,1-3H3,(H,34,35). The summed E-state index contributed by atoms with van der Waals surface area (Å²) in [5.41, 5.74) is -0.301. The molecule has 0 spiro atoms. The number of aromatic nitrogens is 1. The molecule has 216 valence electrons. The monoisotopic (exact) mass is 605 g/mol. The van der Waals surface area contributed by atoms with E-state index in [0.717, 1.165) is 17.4 Å². The van der Waals surface area contributed by atoms with Crippen molar-refractivity contribution >= 4 is 46.0 Å². The third-order valence-corrected chi connectivity index (χ3v) is 7.80. The summed E-state index contributed by atoms with van der Waals surface area (Å²) in [6.45, 7) is 6.28. The van der Waals surface area contributed by atoms with Gasteiger partial charge in [0, 0.05) is 36.1 Å². The predicted octanol–water partition coefficient (Wildman–Crippen LogP) is 5.35.